The molecular formula is C26H23FN4O3. The van der Waals surface area contributed by atoms with Crippen LogP contribution in [0.5, 0.6) is 11.5 Å². The third-order valence-corrected chi connectivity index (χ3v) is 5.60. The lowest BCUT2D eigenvalue weighted by Gasteiger charge is -2.25. The van der Waals surface area contributed by atoms with Crippen LogP contribution in [0.3, 0.4) is 0 Å². The van der Waals surface area contributed by atoms with Crippen LogP contribution in [-0.2, 0) is 4.79 Å². The molecule has 0 spiro atoms. The Balaban J connectivity index is 1.38. The second-order valence-corrected chi connectivity index (χ2v) is 8.00. The maximum absolute atomic E-state index is 13.1. The van der Waals surface area contributed by atoms with Crippen molar-refractivity contribution in [3.05, 3.63) is 102 Å². The molecule has 0 unspecified atom stereocenters. The number of halogens is 1. The number of rotatable bonds is 5. The zero-order valence-corrected chi connectivity index (χ0v) is 18.8. The van der Waals surface area contributed by atoms with Crippen molar-refractivity contribution in [1.29, 1.82) is 0 Å². The number of nitrogens with one attached hydrogen (secondary N) is 1. The monoisotopic (exact) mass is 458 g/mol. The van der Waals surface area contributed by atoms with Gasteiger partial charge >= 0.3 is 5.97 Å². The minimum absolute atomic E-state index is 0.281. The molecule has 0 aliphatic carbocycles. The van der Waals surface area contributed by atoms with Gasteiger partial charge in [-0.3, -0.25) is 0 Å². The van der Waals surface area contributed by atoms with E-state index in [1.165, 1.54) is 24.3 Å². The first-order chi connectivity index (χ1) is 16.5. The number of carbonyl (C=O) groups excluding carboxylic acids is 1. The number of allylic oxidation sites excluding steroid dienone is 2. The van der Waals surface area contributed by atoms with Crippen LogP contribution >= 0.6 is 0 Å². The Hall–Kier alpha value is -4.33. The number of imidazole rings is 1. The fourth-order valence-corrected chi connectivity index (χ4v) is 3.95. The van der Waals surface area contributed by atoms with Gasteiger partial charge in [-0.05, 0) is 73.9 Å². The van der Waals surface area contributed by atoms with E-state index >= 15 is 0 Å². The molecule has 3 heterocycles. The number of aryl methyl sites for hydroxylation is 1. The average Bonchev–Trinajstić information content (AvgIpc) is 3.47. The van der Waals surface area contributed by atoms with Crippen LogP contribution in [0.4, 0.5) is 4.39 Å². The maximum atomic E-state index is 13.1. The van der Waals surface area contributed by atoms with Crippen molar-refractivity contribution >= 4 is 12.0 Å². The number of benzene rings is 2. The lowest BCUT2D eigenvalue weighted by atomic mass is 10.1. The first-order valence-electron chi connectivity index (χ1n) is 10.9. The van der Waals surface area contributed by atoms with E-state index in [2.05, 4.69) is 16.4 Å². The van der Waals surface area contributed by atoms with E-state index in [1.807, 2.05) is 46.9 Å². The van der Waals surface area contributed by atoms with Crippen LogP contribution in [0.1, 0.15) is 24.1 Å². The zero-order chi connectivity index (χ0) is 23.7. The Kier molecular flexibility index (Phi) is 5.63. The van der Waals surface area contributed by atoms with E-state index in [0.29, 0.717) is 5.70 Å². The van der Waals surface area contributed by atoms with Crippen LogP contribution < -0.4 is 14.8 Å². The second-order valence-electron chi connectivity index (χ2n) is 8.00. The van der Waals surface area contributed by atoms with Gasteiger partial charge in [-0.15, -0.1) is 0 Å². The van der Waals surface area contributed by atoms with Gasteiger partial charge in [0.05, 0.1) is 24.8 Å². The number of hydrogen-bond acceptors (Lipinski definition) is 6. The number of ether oxygens (including phenoxy) is 2. The van der Waals surface area contributed by atoms with Crippen LogP contribution in [0.2, 0.25) is 0 Å². The van der Waals surface area contributed by atoms with Gasteiger partial charge < -0.3 is 24.3 Å². The Morgan fingerprint density at radius 3 is 2.76 bits per heavy atom. The van der Waals surface area contributed by atoms with Crippen LogP contribution in [0.25, 0.3) is 11.8 Å². The Morgan fingerprint density at radius 2 is 2.03 bits per heavy atom. The highest BCUT2D eigenvalue weighted by Gasteiger charge is 2.28. The lowest BCUT2D eigenvalue weighted by Crippen LogP contribution is -2.24. The van der Waals surface area contributed by atoms with E-state index in [-0.39, 0.29) is 11.6 Å². The number of aromatic nitrogens is 2. The van der Waals surface area contributed by atoms with Gasteiger partial charge in [-0.25, -0.2) is 14.2 Å². The fourth-order valence-electron chi connectivity index (χ4n) is 3.95. The molecule has 0 saturated carbocycles. The SMILES string of the molecule is COc1cc(/C=C2\CCC=C3NC(C(=O)Oc4ccc(F)cc4)=CN32)ccc1-n1cnc(C)c1. The summed E-state index contributed by atoms with van der Waals surface area (Å²) in [5.41, 5.74) is 4.15. The molecule has 0 radical (unpaired) electrons. The van der Waals surface area contributed by atoms with Gasteiger partial charge in [0.25, 0.3) is 0 Å². The third kappa shape index (κ3) is 4.30. The van der Waals surface area contributed by atoms with E-state index in [0.717, 1.165) is 47.1 Å². The fraction of sp³-hybridized carbons (Fsp3) is 0.154. The van der Waals surface area contributed by atoms with Gasteiger partial charge in [0.1, 0.15) is 28.8 Å². The summed E-state index contributed by atoms with van der Waals surface area (Å²) < 4.78 is 26.0. The third-order valence-electron chi connectivity index (χ3n) is 5.60. The van der Waals surface area contributed by atoms with Gasteiger partial charge in [0.2, 0.25) is 0 Å². The van der Waals surface area contributed by atoms with Gasteiger partial charge in [0.15, 0.2) is 0 Å². The normalized spacial score (nSPS) is 16.0. The number of esters is 1. The molecule has 1 N–H and O–H groups in total. The Bertz CT molecular complexity index is 1340. The number of nitrogens with zero attached hydrogens (tertiary/aromatic N) is 3. The maximum Gasteiger partial charge on any atom is 0.361 e. The predicted molar refractivity (Wildman–Crippen MR) is 125 cm³/mol. The summed E-state index contributed by atoms with van der Waals surface area (Å²) in [6.07, 6.45) is 11.2. The molecule has 8 heteroatoms. The smallest absolute Gasteiger partial charge is 0.361 e. The first kappa shape index (κ1) is 21.5. The van der Waals surface area contributed by atoms with E-state index in [9.17, 15) is 9.18 Å². The van der Waals surface area contributed by atoms with Crippen molar-refractivity contribution in [2.24, 2.45) is 0 Å². The standard InChI is InChI=1S/C26H23FN4O3/c1-17-14-30(16-28-17)23-11-6-18(13-24(23)33-2)12-20-4-3-5-25-29-22(15-31(20)25)26(32)34-21-9-7-19(27)8-10-21/h5-16,29H,3-4H2,1-2H3/b20-12+. The Labute approximate surface area is 196 Å². The summed E-state index contributed by atoms with van der Waals surface area (Å²) in [5, 5.41) is 3.12. The molecule has 2 aromatic carbocycles. The molecular weight excluding hydrogens is 435 g/mol. The summed E-state index contributed by atoms with van der Waals surface area (Å²) in [4.78, 5) is 18.9. The quantitative estimate of drug-likeness (QED) is 0.443. The van der Waals surface area contributed by atoms with Crippen molar-refractivity contribution < 1.29 is 18.7 Å². The number of carbonyl (C=O) groups is 1. The minimum Gasteiger partial charge on any atom is -0.495 e. The molecule has 2 aliphatic heterocycles. The van der Waals surface area contributed by atoms with E-state index < -0.39 is 5.97 Å². The molecule has 1 aromatic heterocycles. The highest BCUT2D eigenvalue weighted by molar-refractivity contribution is 5.90. The molecule has 34 heavy (non-hydrogen) atoms. The first-order valence-corrected chi connectivity index (χ1v) is 10.9. The molecule has 172 valence electrons. The van der Waals surface area contributed by atoms with Gasteiger partial charge in [-0.2, -0.15) is 0 Å². The molecule has 3 aromatic rings. The van der Waals surface area contributed by atoms with Crippen LogP contribution in [-0.4, -0.2) is 27.5 Å². The van der Waals surface area contributed by atoms with Gasteiger partial charge in [0, 0.05) is 18.1 Å². The van der Waals surface area contributed by atoms with Crippen molar-refractivity contribution in [2.45, 2.75) is 19.8 Å². The molecule has 0 bridgehead atoms. The zero-order valence-electron chi connectivity index (χ0n) is 18.8. The summed E-state index contributed by atoms with van der Waals surface area (Å²) in [5.74, 6) is 0.893. The molecule has 2 aliphatic rings. The molecule has 7 nitrogen and oxygen atoms in total. The highest BCUT2D eigenvalue weighted by Crippen LogP contribution is 2.32. The van der Waals surface area contributed by atoms with Crippen LogP contribution in [0, 0.1) is 12.7 Å². The van der Waals surface area contributed by atoms with Crippen molar-refractivity contribution in [1.82, 2.24) is 19.8 Å². The van der Waals surface area contributed by atoms with Crippen molar-refractivity contribution in [3.8, 4) is 17.2 Å². The second kappa shape index (κ2) is 8.90. The van der Waals surface area contributed by atoms with E-state index in [4.69, 9.17) is 9.47 Å². The predicted octanol–water partition coefficient (Wildman–Crippen LogP) is 4.66. The summed E-state index contributed by atoms with van der Waals surface area (Å²) in [6.45, 7) is 1.94. The molecule has 0 fully saturated rings. The molecule has 0 saturated heterocycles. The number of hydrogen-bond donors (Lipinski definition) is 1. The summed E-state index contributed by atoms with van der Waals surface area (Å²) in [6, 6.07) is 11.3. The number of methoxy groups -OCH3 is 1. The molecule has 0 atom stereocenters. The summed E-state index contributed by atoms with van der Waals surface area (Å²) >= 11 is 0. The lowest BCUT2D eigenvalue weighted by molar-refractivity contribution is -0.130. The number of fused-ring (bicyclic) bond motifs is 1. The molecule has 5 rings (SSSR count). The largest absolute Gasteiger partial charge is 0.495 e. The van der Waals surface area contributed by atoms with Crippen molar-refractivity contribution in [2.75, 3.05) is 7.11 Å². The van der Waals surface area contributed by atoms with Crippen LogP contribution in [0.15, 0.2) is 84.5 Å². The van der Waals surface area contributed by atoms with Crippen molar-refractivity contribution in [3.63, 3.8) is 0 Å². The topological polar surface area (TPSA) is 68.6 Å². The Morgan fingerprint density at radius 1 is 1.21 bits per heavy atom. The minimum atomic E-state index is -0.539. The highest BCUT2D eigenvalue weighted by atomic mass is 19.1. The van der Waals surface area contributed by atoms with E-state index in [1.54, 1.807) is 19.6 Å². The van der Waals surface area contributed by atoms with Gasteiger partial charge in [-0.1, -0.05) is 6.07 Å². The summed E-state index contributed by atoms with van der Waals surface area (Å²) in [7, 11) is 1.65. The molecule has 0 amide bonds. The average molecular weight is 458 g/mol.